The van der Waals surface area contributed by atoms with Gasteiger partial charge in [-0.1, -0.05) is 12.2 Å². The van der Waals surface area contributed by atoms with Crippen molar-refractivity contribution in [2.75, 3.05) is 14.2 Å². The molecule has 0 unspecified atom stereocenters. The van der Waals surface area contributed by atoms with Crippen molar-refractivity contribution < 1.29 is 48.9 Å². The van der Waals surface area contributed by atoms with Gasteiger partial charge in [0, 0.05) is 11.6 Å². The summed E-state index contributed by atoms with van der Waals surface area (Å²) in [7, 11) is 3.15. The Morgan fingerprint density at radius 3 is 2.47 bits per heavy atom. The van der Waals surface area contributed by atoms with Crippen molar-refractivity contribution in [1.29, 1.82) is 0 Å². The van der Waals surface area contributed by atoms with Gasteiger partial charge in [0.15, 0.2) is 0 Å². The Bertz CT molecular complexity index is 492. The van der Waals surface area contributed by atoms with Crippen LogP contribution in [0.15, 0.2) is 35.9 Å². The van der Waals surface area contributed by atoms with Crippen molar-refractivity contribution in [3.05, 3.63) is 41.5 Å². The number of hydrogen-bond acceptors (Lipinski definition) is 4. The summed E-state index contributed by atoms with van der Waals surface area (Å²) in [5, 5.41) is 10.4. The van der Waals surface area contributed by atoms with Crippen LogP contribution in [0.1, 0.15) is 12.5 Å². The Morgan fingerprint density at radius 2 is 1.95 bits per heavy atom. The van der Waals surface area contributed by atoms with Crippen LogP contribution < -0.4 is 44.1 Å². The molecule has 1 aromatic rings. The quantitative estimate of drug-likeness (QED) is 0.368. The van der Waals surface area contributed by atoms with Crippen LogP contribution in [0.4, 0.5) is 0 Å². The third-order valence-electron chi connectivity index (χ3n) is 2.31. The van der Waals surface area contributed by atoms with E-state index < -0.39 is 5.97 Å². The number of carboxylic acid groups (broad SMARTS) is 1. The normalized spacial score (nSPS) is 11.0. The van der Waals surface area contributed by atoms with Crippen LogP contribution in [-0.4, -0.2) is 20.2 Å². The molecule has 0 saturated carbocycles. The minimum absolute atomic E-state index is 0. The summed E-state index contributed by atoms with van der Waals surface area (Å²) in [5.41, 5.74) is 1.43. The molecule has 1 aromatic carbocycles. The summed E-state index contributed by atoms with van der Waals surface area (Å²) < 4.78 is 10.3. The van der Waals surface area contributed by atoms with E-state index in [1.165, 1.54) is 0 Å². The molecule has 0 amide bonds. The summed E-state index contributed by atoms with van der Waals surface area (Å²) in [6.45, 7) is 1.68. The van der Waals surface area contributed by atoms with Gasteiger partial charge >= 0.3 is 29.6 Å². The number of hydrogen-bond donors (Lipinski definition) is 0. The molecule has 0 spiro atoms. The van der Waals surface area contributed by atoms with Crippen LogP contribution in [0.5, 0.6) is 11.5 Å². The Hall–Kier alpha value is -1.23. The summed E-state index contributed by atoms with van der Waals surface area (Å²) in [5.74, 6) is 0.150. The van der Waals surface area contributed by atoms with Gasteiger partial charge in [0.1, 0.15) is 11.5 Å². The van der Waals surface area contributed by atoms with E-state index in [0.29, 0.717) is 17.1 Å². The molecule has 96 valence electrons. The fraction of sp³-hybridized carbons (Fsp3) is 0.214. The fourth-order valence-electron chi connectivity index (χ4n) is 1.41. The molecule has 1 rings (SSSR count). The summed E-state index contributed by atoms with van der Waals surface area (Å²) in [6, 6.07) is 5.40. The van der Waals surface area contributed by atoms with Gasteiger partial charge in [0.25, 0.3) is 0 Å². The Morgan fingerprint density at radius 1 is 1.26 bits per heavy atom. The predicted octanol–water partition coefficient (Wildman–Crippen LogP) is -1.58. The molecular formula is C14H15NaO4. The monoisotopic (exact) mass is 270 g/mol. The molecule has 0 radical (unpaired) electrons. The second-order valence-corrected chi connectivity index (χ2v) is 3.65. The summed E-state index contributed by atoms with van der Waals surface area (Å²) in [6.07, 6.45) is 4.49. The Kier molecular flexibility index (Phi) is 8.23. The standard InChI is InChI=1S/C14H16O4.Na/c1-10(8-14(15)16)4-5-11-6-7-12(17-2)9-13(11)18-3;/h4-9H,1-3H3,(H,15,16);/q;+1/p-1/b5-4+,10-8+;. The van der Waals surface area contributed by atoms with E-state index in [1.54, 1.807) is 45.4 Å². The molecule has 0 aliphatic carbocycles. The Labute approximate surface area is 135 Å². The van der Waals surface area contributed by atoms with Crippen molar-refractivity contribution in [3.63, 3.8) is 0 Å². The molecular weight excluding hydrogens is 255 g/mol. The maximum atomic E-state index is 10.4. The molecule has 0 atom stereocenters. The molecule has 0 saturated heterocycles. The topological polar surface area (TPSA) is 58.6 Å². The van der Waals surface area contributed by atoms with Crippen molar-refractivity contribution in [2.24, 2.45) is 0 Å². The maximum absolute atomic E-state index is 10.4. The first-order valence-electron chi connectivity index (χ1n) is 5.36. The van der Waals surface area contributed by atoms with Crippen LogP contribution in [0, 0.1) is 0 Å². The largest absolute Gasteiger partial charge is 1.00 e. The zero-order valence-corrected chi connectivity index (χ0v) is 13.6. The first-order valence-corrected chi connectivity index (χ1v) is 5.36. The molecule has 0 heterocycles. The zero-order valence-electron chi connectivity index (χ0n) is 11.6. The number of carboxylic acids is 1. The van der Waals surface area contributed by atoms with Crippen molar-refractivity contribution >= 4 is 12.0 Å². The van der Waals surface area contributed by atoms with Crippen LogP contribution in [0.2, 0.25) is 0 Å². The van der Waals surface area contributed by atoms with Crippen LogP contribution >= 0.6 is 0 Å². The van der Waals surface area contributed by atoms with Gasteiger partial charge < -0.3 is 19.4 Å². The number of rotatable bonds is 5. The van der Waals surface area contributed by atoms with E-state index in [4.69, 9.17) is 9.47 Å². The second kappa shape index (κ2) is 8.80. The van der Waals surface area contributed by atoms with E-state index in [2.05, 4.69) is 0 Å². The molecule has 0 aliphatic rings. The van der Waals surface area contributed by atoms with E-state index in [9.17, 15) is 9.90 Å². The first kappa shape index (κ1) is 17.8. The number of carbonyl (C=O) groups is 1. The van der Waals surface area contributed by atoms with Crippen LogP contribution in [0.25, 0.3) is 6.08 Å². The van der Waals surface area contributed by atoms with Crippen molar-refractivity contribution in [1.82, 2.24) is 0 Å². The van der Waals surface area contributed by atoms with Gasteiger partial charge in [-0.15, -0.1) is 0 Å². The average molecular weight is 270 g/mol. The van der Waals surface area contributed by atoms with Gasteiger partial charge in [-0.2, -0.15) is 0 Å². The molecule has 0 fully saturated rings. The molecule has 4 nitrogen and oxygen atoms in total. The molecule has 0 aliphatic heterocycles. The maximum Gasteiger partial charge on any atom is 1.00 e. The third-order valence-corrected chi connectivity index (χ3v) is 2.31. The summed E-state index contributed by atoms with van der Waals surface area (Å²) >= 11 is 0. The molecule has 0 bridgehead atoms. The number of carbonyl (C=O) groups excluding carboxylic acids is 1. The average Bonchev–Trinajstić information content (AvgIpc) is 2.35. The predicted molar refractivity (Wildman–Crippen MR) is 67.3 cm³/mol. The van der Waals surface area contributed by atoms with E-state index >= 15 is 0 Å². The minimum Gasteiger partial charge on any atom is -0.545 e. The number of benzene rings is 1. The van der Waals surface area contributed by atoms with Crippen LogP contribution in [0.3, 0.4) is 0 Å². The van der Waals surface area contributed by atoms with Gasteiger partial charge in [-0.05, 0) is 30.7 Å². The number of allylic oxidation sites excluding steroid dienone is 2. The molecule has 5 heteroatoms. The van der Waals surface area contributed by atoms with Crippen LogP contribution in [-0.2, 0) is 4.79 Å². The zero-order chi connectivity index (χ0) is 13.5. The van der Waals surface area contributed by atoms with E-state index in [0.717, 1.165) is 11.6 Å². The smallest absolute Gasteiger partial charge is 0.545 e. The van der Waals surface area contributed by atoms with Crippen molar-refractivity contribution in [2.45, 2.75) is 6.92 Å². The second-order valence-electron chi connectivity index (χ2n) is 3.65. The van der Waals surface area contributed by atoms with Gasteiger partial charge in [0.05, 0.1) is 20.2 Å². The number of methoxy groups -OCH3 is 2. The molecule has 0 aromatic heterocycles. The first-order chi connectivity index (χ1) is 8.56. The minimum atomic E-state index is -1.21. The fourth-order valence-corrected chi connectivity index (χ4v) is 1.41. The van der Waals surface area contributed by atoms with Gasteiger partial charge in [-0.25, -0.2) is 0 Å². The van der Waals surface area contributed by atoms with E-state index in [-0.39, 0.29) is 29.6 Å². The van der Waals surface area contributed by atoms with Crippen molar-refractivity contribution in [3.8, 4) is 11.5 Å². The van der Waals surface area contributed by atoms with Gasteiger partial charge in [-0.3, -0.25) is 0 Å². The van der Waals surface area contributed by atoms with Gasteiger partial charge in [0.2, 0.25) is 0 Å². The number of aliphatic carboxylic acids is 1. The third kappa shape index (κ3) is 5.96. The Balaban J connectivity index is 0.00000324. The SMILES string of the molecule is COc1ccc(/C=C/C(C)=C/C(=O)[O-])c(OC)c1.[Na+]. The molecule has 0 N–H and O–H groups in total. The molecule has 19 heavy (non-hydrogen) atoms. The summed E-state index contributed by atoms with van der Waals surface area (Å²) in [4.78, 5) is 10.4. The number of ether oxygens (including phenoxy) is 2. The van der Waals surface area contributed by atoms with E-state index in [1.807, 2.05) is 6.07 Å².